The number of phenols is 1. The lowest BCUT2D eigenvalue weighted by atomic mass is 10.1. The third-order valence-corrected chi connectivity index (χ3v) is 2.44. The van der Waals surface area contributed by atoms with Gasteiger partial charge in [0.05, 0.1) is 7.11 Å². The zero-order valence-corrected chi connectivity index (χ0v) is 8.97. The van der Waals surface area contributed by atoms with E-state index in [1.54, 1.807) is 12.1 Å². The highest BCUT2D eigenvalue weighted by Gasteiger charge is 2.08. The van der Waals surface area contributed by atoms with Crippen LogP contribution in [-0.4, -0.2) is 17.5 Å². The van der Waals surface area contributed by atoms with Crippen LogP contribution < -0.4 is 4.74 Å². The van der Waals surface area contributed by atoms with Crippen LogP contribution in [0.4, 0.5) is 0 Å². The van der Waals surface area contributed by atoms with E-state index >= 15 is 0 Å². The van der Waals surface area contributed by atoms with E-state index in [-0.39, 0.29) is 5.75 Å². The van der Waals surface area contributed by atoms with Crippen LogP contribution in [0.25, 0.3) is 5.57 Å². The minimum atomic E-state index is 0.148. The fourth-order valence-electron chi connectivity index (χ4n) is 1.04. The molecule has 70 valence electrons. The fraction of sp³-hybridized carbons (Fsp3) is 0.200. The summed E-state index contributed by atoms with van der Waals surface area (Å²) in [5.41, 5.74) is 1.55. The summed E-state index contributed by atoms with van der Waals surface area (Å²) in [5, 5.41) is 10.3. The van der Waals surface area contributed by atoms with Gasteiger partial charge in [-0.1, -0.05) is 34.6 Å². The first-order valence-electron chi connectivity index (χ1n) is 3.80. The lowest BCUT2D eigenvalue weighted by Gasteiger charge is -2.08. The maximum absolute atomic E-state index is 9.68. The topological polar surface area (TPSA) is 29.5 Å². The van der Waals surface area contributed by atoms with E-state index in [1.807, 2.05) is 6.07 Å². The molecule has 0 aliphatic rings. The summed E-state index contributed by atoms with van der Waals surface area (Å²) in [5.74, 6) is 0.619. The van der Waals surface area contributed by atoms with E-state index in [1.165, 1.54) is 7.11 Å². The van der Waals surface area contributed by atoms with Crippen LogP contribution in [0.15, 0.2) is 24.8 Å². The van der Waals surface area contributed by atoms with Gasteiger partial charge >= 0.3 is 0 Å². The predicted octanol–water partition coefficient (Wildman–Crippen LogP) is 2.81. The number of methoxy groups -OCH3 is 1. The predicted molar refractivity (Wildman–Crippen MR) is 57.5 cm³/mol. The van der Waals surface area contributed by atoms with Gasteiger partial charge < -0.3 is 9.84 Å². The average Bonchev–Trinajstić information content (AvgIpc) is 2.17. The van der Waals surface area contributed by atoms with Crippen LogP contribution in [0.3, 0.4) is 0 Å². The largest absolute Gasteiger partial charge is 0.504 e. The zero-order valence-electron chi connectivity index (χ0n) is 7.38. The number of benzene rings is 1. The van der Waals surface area contributed by atoms with E-state index in [4.69, 9.17) is 4.74 Å². The summed E-state index contributed by atoms with van der Waals surface area (Å²) in [6.07, 6.45) is 0. The monoisotopic (exact) mass is 242 g/mol. The second kappa shape index (κ2) is 4.33. The molecular formula is C10H11BrO2. The van der Waals surface area contributed by atoms with Gasteiger partial charge in [0.2, 0.25) is 0 Å². The minimum Gasteiger partial charge on any atom is -0.504 e. The summed E-state index contributed by atoms with van der Waals surface area (Å²) in [4.78, 5) is 0. The average molecular weight is 243 g/mol. The Hall–Kier alpha value is -0.960. The van der Waals surface area contributed by atoms with Crippen LogP contribution in [0.2, 0.25) is 0 Å². The molecule has 1 N–H and O–H groups in total. The molecule has 13 heavy (non-hydrogen) atoms. The van der Waals surface area contributed by atoms with E-state index in [0.29, 0.717) is 11.1 Å². The molecule has 1 aromatic carbocycles. The normalized spacial score (nSPS) is 9.69. The number of phenolic OH excluding ortho intramolecular Hbond substituents is 1. The number of alkyl halides is 1. The first kappa shape index (κ1) is 10.1. The van der Waals surface area contributed by atoms with E-state index < -0.39 is 0 Å². The van der Waals surface area contributed by atoms with Gasteiger partial charge in [-0.2, -0.15) is 0 Å². The van der Waals surface area contributed by atoms with E-state index in [0.717, 1.165) is 11.1 Å². The summed E-state index contributed by atoms with van der Waals surface area (Å²) in [6.45, 7) is 3.82. The van der Waals surface area contributed by atoms with Gasteiger partial charge in [-0.25, -0.2) is 0 Å². The van der Waals surface area contributed by atoms with Crippen molar-refractivity contribution in [3.8, 4) is 11.5 Å². The van der Waals surface area contributed by atoms with Crippen molar-refractivity contribution in [2.45, 2.75) is 0 Å². The molecule has 3 heteroatoms. The van der Waals surface area contributed by atoms with Gasteiger partial charge in [-0.15, -0.1) is 0 Å². The van der Waals surface area contributed by atoms with Crippen molar-refractivity contribution in [1.29, 1.82) is 0 Å². The molecule has 0 spiro atoms. The molecule has 1 aromatic rings. The van der Waals surface area contributed by atoms with Crippen LogP contribution >= 0.6 is 15.9 Å². The zero-order chi connectivity index (χ0) is 9.84. The smallest absolute Gasteiger partial charge is 0.165 e. The Balaban J connectivity index is 3.15. The standard InChI is InChI=1S/C10H11BrO2/c1-7(6-11)8-4-3-5-9(13-2)10(8)12/h3-5,12H,1,6H2,2H3. The van der Waals surface area contributed by atoms with Crippen LogP contribution in [0.1, 0.15) is 5.56 Å². The van der Waals surface area contributed by atoms with E-state index in [9.17, 15) is 5.11 Å². The summed E-state index contributed by atoms with van der Waals surface area (Å²) >= 11 is 3.28. The maximum atomic E-state index is 9.68. The molecule has 0 atom stereocenters. The Kier molecular flexibility index (Phi) is 3.37. The van der Waals surface area contributed by atoms with Crippen molar-refractivity contribution in [3.63, 3.8) is 0 Å². The molecule has 0 saturated heterocycles. The minimum absolute atomic E-state index is 0.148. The molecule has 0 saturated carbocycles. The fourth-order valence-corrected chi connectivity index (χ4v) is 1.35. The number of allylic oxidation sites excluding steroid dienone is 1. The first-order chi connectivity index (χ1) is 6.20. The number of para-hydroxylation sites is 1. The number of hydrogen-bond donors (Lipinski definition) is 1. The molecule has 0 amide bonds. The summed E-state index contributed by atoms with van der Waals surface area (Å²) < 4.78 is 4.97. The molecule has 1 rings (SSSR count). The maximum Gasteiger partial charge on any atom is 0.165 e. The molecule has 0 heterocycles. The molecule has 0 radical (unpaired) electrons. The van der Waals surface area contributed by atoms with Crippen molar-refractivity contribution < 1.29 is 9.84 Å². The Labute approximate surface area is 86.0 Å². The number of ether oxygens (including phenoxy) is 1. The van der Waals surface area contributed by atoms with Crippen LogP contribution in [-0.2, 0) is 0 Å². The third kappa shape index (κ3) is 2.04. The lowest BCUT2D eigenvalue weighted by molar-refractivity contribution is 0.373. The highest BCUT2D eigenvalue weighted by atomic mass is 79.9. The Morgan fingerprint density at radius 3 is 2.85 bits per heavy atom. The Morgan fingerprint density at radius 2 is 2.31 bits per heavy atom. The molecule has 0 bridgehead atoms. The van der Waals surface area contributed by atoms with Gasteiger partial charge in [-0.05, 0) is 11.6 Å². The van der Waals surface area contributed by atoms with Gasteiger partial charge in [-0.3, -0.25) is 0 Å². The second-order valence-electron chi connectivity index (χ2n) is 2.59. The molecule has 0 aliphatic carbocycles. The number of halogens is 1. The summed E-state index contributed by atoms with van der Waals surface area (Å²) in [7, 11) is 1.52. The van der Waals surface area contributed by atoms with Crippen molar-refractivity contribution in [2.24, 2.45) is 0 Å². The van der Waals surface area contributed by atoms with Gasteiger partial charge in [0.25, 0.3) is 0 Å². The molecule has 0 unspecified atom stereocenters. The molecule has 0 fully saturated rings. The highest BCUT2D eigenvalue weighted by Crippen LogP contribution is 2.33. The molecule has 0 aliphatic heterocycles. The van der Waals surface area contributed by atoms with Crippen molar-refractivity contribution in [1.82, 2.24) is 0 Å². The quantitative estimate of drug-likeness (QED) is 0.827. The number of hydrogen-bond acceptors (Lipinski definition) is 2. The van der Waals surface area contributed by atoms with Crippen LogP contribution in [0, 0.1) is 0 Å². The lowest BCUT2D eigenvalue weighted by Crippen LogP contribution is -1.89. The molecular weight excluding hydrogens is 232 g/mol. The van der Waals surface area contributed by atoms with Crippen molar-refractivity contribution >= 4 is 21.5 Å². The molecule has 2 nitrogen and oxygen atoms in total. The first-order valence-corrected chi connectivity index (χ1v) is 4.93. The van der Waals surface area contributed by atoms with Gasteiger partial charge in [0, 0.05) is 10.9 Å². The third-order valence-electron chi connectivity index (χ3n) is 1.76. The number of aromatic hydroxyl groups is 1. The van der Waals surface area contributed by atoms with E-state index in [2.05, 4.69) is 22.5 Å². The number of rotatable bonds is 3. The SMILES string of the molecule is C=C(CBr)c1cccc(OC)c1O. The summed E-state index contributed by atoms with van der Waals surface area (Å²) in [6, 6.07) is 5.34. The van der Waals surface area contributed by atoms with Crippen LogP contribution in [0.5, 0.6) is 11.5 Å². The van der Waals surface area contributed by atoms with Gasteiger partial charge in [0.15, 0.2) is 11.5 Å². The Bertz CT molecular complexity index is 321. The van der Waals surface area contributed by atoms with Gasteiger partial charge in [0.1, 0.15) is 0 Å². The highest BCUT2D eigenvalue weighted by molar-refractivity contribution is 9.09. The Morgan fingerprint density at radius 1 is 1.62 bits per heavy atom. The molecule has 0 aromatic heterocycles. The second-order valence-corrected chi connectivity index (χ2v) is 3.15. The van der Waals surface area contributed by atoms with Crippen molar-refractivity contribution in [3.05, 3.63) is 30.3 Å². The van der Waals surface area contributed by atoms with Crippen molar-refractivity contribution in [2.75, 3.05) is 12.4 Å².